The number of rotatable bonds is 0. The van der Waals surface area contributed by atoms with Gasteiger partial charge in [-0.1, -0.05) is 0 Å². The molecule has 2 heteroatoms. The Morgan fingerprint density at radius 1 is 1.56 bits per heavy atom. The van der Waals surface area contributed by atoms with Crippen LogP contribution in [0.1, 0.15) is 13.8 Å². The molecule has 0 fully saturated rings. The van der Waals surface area contributed by atoms with E-state index in [2.05, 4.69) is 30.8 Å². The Morgan fingerprint density at radius 3 is 2.56 bits per heavy atom. The van der Waals surface area contributed by atoms with Gasteiger partial charge in [-0.15, -0.1) is 0 Å². The van der Waals surface area contributed by atoms with E-state index >= 15 is 0 Å². The molecule has 0 aromatic heterocycles. The van der Waals surface area contributed by atoms with Crippen LogP contribution in [0.4, 0.5) is 0 Å². The molecule has 0 saturated heterocycles. The molecule has 1 aliphatic rings. The molecule has 0 aliphatic carbocycles. The van der Waals surface area contributed by atoms with Crippen LogP contribution in [0.15, 0.2) is 4.99 Å². The van der Waals surface area contributed by atoms with E-state index in [9.17, 15) is 0 Å². The smallest absolute Gasteiger partial charge is 0.0675 e. The van der Waals surface area contributed by atoms with E-state index in [0.717, 1.165) is 13.1 Å². The molecule has 0 amide bonds. The van der Waals surface area contributed by atoms with Crippen LogP contribution in [0.3, 0.4) is 0 Å². The molecule has 52 valence electrons. The average molecular weight is 126 g/mol. The van der Waals surface area contributed by atoms with Crippen LogP contribution in [0, 0.1) is 0 Å². The van der Waals surface area contributed by atoms with Crippen LogP contribution >= 0.6 is 0 Å². The first-order valence-electron chi connectivity index (χ1n) is 3.32. The van der Waals surface area contributed by atoms with E-state index in [1.165, 1.54) is 0 Å². The number of hydrogen-bond acceptors (Lipinski definition) is 2. The van der Waals surface area contributed by atoms with Gasteiger partial charge in [0.25, 0.3) is 0 Å². The normalized spacial score (nSPS) is 26.6. The minimum absolute atomic E-state index is 0.146. The third-order valence-corrected chi connectivity index (χ3v) is 1.49. The molecule has 0 radical (unpaired) electrons. The monoisotopic (exact) mass is 126 g/mol. The molecule has 9 heavy (non-hydrogen) atoms. The summed E-state index contributed by atoms with van der Waals surface area (Å²) in [5.74, 6) is 0. The van der Waals surface area contributed by atoms with Gasteiger partial charge in [0, 0.05) is 19.3 Å². The highest BCUT2D eigenvalue weighted by molar-refractivity contribution is 5.61. The Kier molecular flexibility index (Phi) is 1.58. The molecular formula is C7H14N2. The molecule has 1 aliphatic heterocycles. The van der Waals surface area contributed by atoms with E-state index in [-0.39, 0.29) is 5.54 Å². The summed E-state index contributed by atoms with van der Waals surface area (Å²) in [4.78, 5) is 6.62. The molecule has 0 aromatic carbocycles. The van der Waals surface area contributed by atoms with E-state index in [4.69, 9.17) is 0 Å². The maximum atomic E-state index is 4.35. The fourth-order valence-electron chi connectivity index (χ4n) is 1.19. The highest BCUT2D eigenvalue weighted by Crippen LogP contribution is 2.12. The van der Waals surface area contributed by atoms with Gasteiger partial charge >= 0.3 is 0 Å². The standard InChI is InChI=1S/C7H14N2/c1-7(2)6-9(3)5-4-8-7/h4H,5-6H2,1-3H3. The Labute approximate surface area is 56.6 Å². The molecule has 0 bridgehead atoms. The fourth-order valence-corrected chi connectivity index (χ4v) is 1.19. The van der Waals surface area contributed by atoms with Crippen LogP contribution in [0.5, 0.6) is 0 Å². The number of nitrogens with zero attached hydrogens (tertiary/aromatic N) is 2. The summed E-state index contributed by atoms with van der Waals surface area (Å²) >= 11 is 0. The lowest BCUT2D eigenvalue weighted by Gasteiger charge is -2.29. The third kappa shape index (κ3) is 1.79. The zero-order valence-corrected chi connectivity index (χ0v) is 6.39. The zero-order valence-electron chi connectivity index (χ0n) is 6.39. The van der Waals surface area contributed by atoms with Crippen molar-refractivity contribution in [1.82, 2.24) is 4.90 Å². The van der Waals surface area contributed by atoms with Gasteiger partial charge in [-0.25, -0.2) is 0 Å². The van der Waals surface area contributed by atoms with E-state index in [1.54, 1.807) is 0 Å². The molecule has 1 heterocycles. The van der Waals surface area contributed by atoms with Crippen LogP contribution < -0.4 is 0 Å². The maximum Gasteiger partial charge on any atom is 0.0675 e. The predicted octanol–water partition coefficient (Wildman–Crippen LogP) is 0.781. The summed E-state index contributed by atoms with van der Waals surface area (Å²) in [6.45, 7) is 6.38. The van der Waals surface area contributed by atoms with Crippen molar-refractivity contribution < 1.29 is 0 Å². The van der Waals surface area contributed by atoms with Gasteiger partial charge in [0.2, 0.25) is 0 Å². The molecule has 0 saturated carbocycles. The van der Waals surface area contributed by atoms with Crippen LogP contribution in [0.2, 0.25) is 0 Å². The molecule has 0 unspecified atom stereocenters. The van der Waals surface area contributed by atoms with Gasteiger partial charge in [0.05, 0.1) is 5.54 Å². The first kappa shape index (κ1) is 6.75. The van der Waals surface area contributed by atoms with Gasteiger partial charge in [-0.05, 0) is 20.9 Å². The summed E-state index contributed by atoms with van der Waals surface area (Å²) in [7, 11) is 2.12. The lowest BCUT2D eigenvalue weighted by atomic mass is 10.1. The first-order valence-corrected chi connectivity index (χ1v) is 3.32. The van der Waals surface area contributed by atoms with Crippen molar-refractivity contribution in [2.24, 2.45) is 4.99 Å². The van der Waals surface area contributed by atoms with E-state index in [1.807, 2.05) is 6.21 Å². The Balaban J connectivity index is 2.60. The second-order valence-electron chi connectivity index (χ2n) is 3.32. The van der Waals surface area contributed by atoms with Gasteiger partial charge in [0.15, 0.2) is 0 Å². The summed E-state index contributed by atoms with van der Waals surface area (Å²) in [5.41, 5.74) is 0.146. The first-order chi connectivity index (χ1) is 4.10. The highest BCUT2D eigenvalue weighted by atomic mass is 15.2. The van der Waals surface area contributed by atoms with Crippen molar-refractivity contribution in [1.29, 1.82) is 0 Å². The highest BCUT2D eigenvalue weighted by Gasteiger charge is 2.20. The van der Waals surface area contributed by atoms with Crippen LogP contribution in [-0.4, -0.2) is 36.8 Å². The molecular weight excluding hydrogens is 112 g/mol. The quantitative estimate of drug-likeness (QED) is 0.468. The van der Waals surface area contributed by atoms with Crippen molar-refractivity contribution in [2.75, 3.05) is 20.1 Å². The number of likely N-dealkylation sites (N-methyl/N-ethyl adjacent to an activating group) is 1. The lowest BCUT2D eigenvalue weighted by molar-refractivity contribution is 0.287. The largest absolute Gasteiger partial charge is 0.299 e. The Bertz CT molecular complexity index is 127. The van der Waals surface area contributed by atoms with Crippen molar-refractivity contribution in [3.05, 3.63) is 0 Å². The molecule has 1 rings (SSSR count). The minimum Gasteiger partial charge on any atom is -0.299 e. The zero-order chi connectivity index (χ0) is 6.91. The second kappa shape index (κ2) is 2.10. The summed E-state index contributed by atoms with van der Waals surface area (Å²) in [5, 5.41) is 0. The van der Waals surface area contributed by atoms with Gasteiger partial charge in [-0.3, -0.25) is 9.89 Å². The van der Waals surface area contributed by atoms with Crippen molar-refractivity contribution in [3.8, 4) is 0 Å². The van der Waals surface area contributed by atoms with Crippen molar-refractivity contribution in [3.63, 3.8) is 0 Å². The molecule has 0 N–H and O–H groups in total. The number of aliphatic imine (C=N–C) groups is 1. The van der Waals surface area contributed by atoms with Crippen LogP contribution in [0.25, 0.3) is 0 Å². The van der Waals surface area contributed by atoms with Crippen LogP contribution in [-0.2, 0) is 0 Å². The molecule has 0 spiro atoms. The summed E-state index contributed by atoms with van der Waals surface area (Å²) in [6, 6.07) is 0. The second-order valence-corrected chi connectivity index (χ2v) is 3.32. The molecule has 0 atom stereocenters. The average Bonchev–Trinajstić information content (AvgIpc) is 1.60. The van der Waals surface area contributed by atoms with Gasteiger partial charge in [0.1, 0.15) is 0 Å². The third-order valence-electron chi connectivity index (χ3n) is 1.49. The minimum atomic E-state index is 0.146. The molecule has 2 nitrogen and oxygen atoms in total. The number of hydrogen-bond donors (Lipinski definition) is 0. The summed E-state index contributed by atoms with van der Waals surface area (Å²) < 4.78 is 0. The lowest BCUT2D eigenvalue weighted by Crippen LogP contribution is -2.40. The maximum absolute atomic E-state index is 4.35. The van der Waals surface area contributed by atoms with Crippen molar-refractivity contribution >= 4 is 6.21 Å². The topological polar surface area (TPSA) is 15.6 Å². The van der Waals surface area contributed by atoms with E-state index < -0.39 is 0 Å². The molecule has 0 aromatic rings. The Morgan fingerprint density at radius 2 is 2.22 bits per heavy atom. The SMILES string of the molecule is CN1CC=NC(C)(C)C1. The van der Waals surface area contributed by atoms with Gasteiger partial charge in [-0.2, -0.15) is 0 Å². The Hall–Kier alpha value is -0.370. The van der Waals surface area contributed by atoms with Crippen molar-refractivity contribution in [2.45, 2.75) is 19.4 Å². The van der Waals surface area contributed by atoms with E-state index in [0.29, 0.717) is 0 Å². The fraction of sp³-hybridized carbons (Fsp3) is 0.857. The van der Waals surface area contributed by atoms with Gasteiger partial charge < -0.3 is 0 Å². The predicted molar refractivity (Wildman–Crippen MR) is 40.1 cm³/mol. The summed E-state index contributed by atoms with van der Waals surface area (Å²) in [6.07, 6.45) is 1.99.